The predicted octanol–water partition coefficient (Wildman–Crippen LogP) is 3.01. The number of carbonyl (C=O) groups is 1. The molecule has 1 aliphatic carbocycles. The third kappa shape index (κ3) is 3.38. The summed E-state index contributed by atoms with van der Waals surface area (Å²) in [5.41, 5.74) is 6.21. The first kappa shape index (κ1) is 19.7. The van der Waals surface area contributed by atoms with Crippen molar-refractivity contribution in [3.05, 3.63) is 59.7 Å². The van der Waals surface area contributed by atoms with Crippen LogP contribution in [0.3, 0.4) is 0 Å². The smallest absolute Gasteiger partial charge is 0.246 e. The third-order valence-electron chi connectivity index (χ3n) is 6.96. The van der Waals surface area contributed by atoms with Crippen molar-refractivity contribution in [1.29, 1.82) is 0 Å². The molecule has 0 spiro atoms. The number of aromatic nitrogens is 4. The van der Waals surface area contributed by atoms with E-state index in [0.717, 1.165) is 43.0 Å². The van der Waals surface area contributed by atoms with Gasteiger partial charge in [-0.05, 0) is 54.9 Å². The van der Waals surface area contributed by atoms with Gasteiger partial charge in [0.25, 0.3) is 0 Å². The number of piperazine rings is 1. The van der Waals surface area contributed by atoms with Crippen LogP contribution >= 0.6 is 0 Å². The molecule has 7 heteroatoms. The summed E-state index contributed by atoms with van der Waals surface area (Å²) in [4.78, 5) is 25.4. The number of hydrogen-bond acceptors (Lipinski definition) is 5. The van der Waals surface area contributed by atoms with E-state index < -0.39 is 0 Å². The Bertz CT molecular complexity index is 1140. The highest BCUT2D eigenvalue weighted by molar-refractivity contribution is 5.87. The van der Waals surface area contributed by atoms with Crippen LogP contribution < -0.4 is 4.90 Å². The monoisotopic (exact) mass is 416 g/mol. The van der Waals surface area contributed by atoms with Crippen LogP contribution in [-0.2, 0) is 17.6 Å². The number of nitrogens with zero attached hydrogens (tertiary/aromatic N) is 5. The number of rotatable bonds is 3. The van der Waals surface area contributed by atoms with Gasteiger partial charge in [-0.1, -0.05) is 19.6 Å². The fourth-order valence-corrected chi connectivity index (χ4v) is 5.26. The normalized spacial score (nSPS) is 21.2. The lowest BCUT2D eigenvalue weighted by Crippen LogP contribution is -2.49. The lowest BCUT2D eigenvalue weighted by atomic mass is 9.73. The topological polar surface area (TPSA) is 78.0 Å². The number of H-pyrrole nitrogens is 1. The first-order valence-corrected chi connectivity index (χ1v) is 11.0. The van der Waals surface area contributed by atoms with Crippen molar-refractivity contribution >= 4 is 22.6 Å². The number of aromatic amines is 1. The van der Waals surface area contributed by atoms with E-state index in [9.17, 15) is 4.79 Å². The molecule has 0 radical (unpaired) electrons. The molecule has 1 amide bonds. The van der Waals surface area contributed by atoms with E-state index in [1.165, 1.54) is 28.2 Å². The molecule has 2 aromatic heterocycles. The minimum atomic E-state index is 0.00428. The van der Waals surface area contributed by atoms with Crippen molar-refractivity contribution in [3.63, 3.8) is 0 Å². The van der Waals surface area contributed by atoms with Crippen LogP contribution in [0.1, 0.15) is 35.2 Å². The molecular weight excluding hydrogens is 388 g/mol. The number of carbonyl (C=O) groups excluding carboxylic acids is 1. The summed E-state index contributed by atoms with van der Waals surface area (Å²) < 4.78 is 0. The van der Waals surface area contributed by atoms with Crippen molar-refractivity contribution in [2.45, 2.75) is 32.6 Å². The lowest BCUT2D eigenvalue weighted by Gasteiger charge is -2.38. The Morgan fingerprint density at radius 3 is 2.77 bits per heavy atom. The van der Waals surface area contributed by atoms with E-state index in [2.05, 4.69) is 52.6 Å². The van der Waals surface area contributed by atoms with Crippen LogP contribution in [0.2, 0.25) is 0 Å². The van der Waals surface area contributed by atoms with E-state index in [1.54, 1.807) is 6.33 Å². The zero-order valence-electron chi connectivity index (χ0n) is 18.1. The number of amides is 1. The second-order valence-corrected chi connectivity index (χ2v) is 8.76. The highest BCUT2D eigenvalue weighted by Gasteiger charge is 2.33. The summed E-state index contributed by atoms with van der Waals surface area (Å²) in [5, 5.41) is 8.61. The molecule has 0 saturated carbocycles. The van der Waals surface area contributed by atoms with Crippen molar-refractivity contribution in [3.8, 4) is 0 Å². The highest BCUT2D eigenvalue weighted by Crippen LogP contribution is 2.42. The second kappa shape index (κ2) is 7.80. The maximum atomic E-state index is 11.9. The van der Waals surface area contributed by atoms with Gasteiger partial charge in [-0.15, -0.1) is 0 Å². The molecule has 7 nitrogen and oxygen atoms in total. The van der Waals surface area contributed by atoms with Gasteiger partial charge >= 0.3 is 0 Å². The zero-order chi connectivity index (χ0) is 21.5. The van der Waals surface area contributed by atoms with Gasteiger partial charge in [-0.25, -0.2) is 9.97 Å². The van der Waals surface area contributed by atoms with E-state index in [-0.39, 0.29) is 5.91 Å². The van der Waals surface area contributed by atoms with E-state index in [0.29, 0.717) is 24.9 Å². The van der Waals surface area contributed by atoms with Crippen LogP contribution in [0.15, 0.2) is 37.3 Å². The number of nitrogens with one attached hydrogen (secondary N) is 1. The molecule has 2 aliphatic rings. The molecule has 5 rings (SSSR count). The van der Waals surface area contributed by atoms with E-state index in [4.69, 9.17) is 4.98 Å². The molecule has 1 N–H and O–H groups in total. The Hall–Kier alpha value is -3.22. The standard InChI is InChI=1S/C24H28N6O/c1-4-22(31)29-7-9-30(10-8-29)24-18-11-16(3)17(12-21(18)25-14-26-24)23-15(2)5-6-20-19(23)13-27-28-20/h4-6,13-14,16-17H,1,7-12H2,2-3H3,(H,27,28)/t16?,17-/m0/s1. The first-order valence-electron chi connectivity index (χ1n) is 11.0. The summed E-state index contributed by atoms with van der Waals surface area (Å²) in [5.74, 6) is 1.92. The largest absolute Gasteiger partial charge is 0.353 e. The van der Waals surface area contributed by atoms with Crippen LogP contribution in [0.4, 0.5) is 5.82 Å². The van der Waals surface area contributed by atoms with Gasteiger partial charge < -0.3 is 9.80 Å². The van der Waals surface area contributed by atoms with Crippen LogP contribution in [0.25, 0.3) is 10.9 Å². The Morgan fingerprint density at radius 1 is 1.19 bits per heavy atom. The van der Waals surface area contributed by atoms with Crippen molar-refractivity contribution < 1.29 is 4.79 Å². The maximum Gasteiger partial charge on any atom is 0.246 e. The predicted molar refractivity (Wildman–Crippen MR) is 121 cm³/mol. The molecular formula is C24H28N6O. The number of aryl methyl sites for hydroxylation is 1. The molecule has 31 heavy (non-hydrogen) atoms. The number of hydrogen-bond donors (Lipinski definition) is 1. The van der Waals surface area contributed by atoms with E-state index in [1.807, 2.05) is 11.1 Å². The molecule has 1 unspecified atom stereocenters. The van der Waals surface area contributed by atoms with Crippen LogP contribution in [0, 0.1) is 12.8 Å². The lowest BCUT2D eigenvalue weighted by molar-refractivity contribution is -0.126. The van der Waals surface area contributed by atoms with Crippen LogP contribution in [0.5, 0.6) is 0 Å². The number of anilines is 1. The second-order valence-electron chi connectivity index (χ2n) is 8.76. The van der Waals surface area contributed by atoms with E-state index >= 15 is 0 Å². The van der Waals surface area contributed by atoms with Gasteiger partial charge in [-0.2, -0.15) is 5.10 Å². The molecule has 160 valence electrons. The molecule has 3 heterocycles. The molecule has 0 bridgehead atoms. The fourth-order valence-electron chi connectivity index (χ4n) is 5.26. The molecule has 1 fully saturated rings. The molecule has 1 aliphatic heterocycles. The summed E-state index contributed by atoms with van der Waals surface area (Å²) in [6.07, 6.45) is 6.91. The molecule has 3 aromatic rings. The third-order valence-corrected chi connectivity index (χ3v) is 6.96. The molecule has 2 atom stereocenters. The van der Waals surface area contributed by atoms with Gasteiger partial charge in [0.15, 0.2) is 0 Å². The minimum absolute atomic E-state index is 0.00428. The van der Waals surface area contributed by atoms with Gasteiger partial charge in [0.2, 0.25) is 5.91 Å². The Balaban J connectivity index is 1.44. The van der Waals surface area contributed by atoms with Gasteiger partial charge in [0, 0.05) is 42.8 Å². The van der Waals surface area contributed by atoms with Crippen LogP contribution in [-0.4, -0.2) is 57.2 Å². The van der Waals surface area contributed by atoms with Crippen molar-refractivity contribution in [2.24, 2.45) is 5.92 Å². The number of benzene rings is 1. The van der Waals surface area contributed by atoms with Gasteiger partial charge in [0.05, 0.1) is 11.7 Å². The summed E-state index contributed by atoms with van der Waals surface area (Å²) in [6.45, 7) is 11.1. The minimum Gasteiger partial charge on any atom is -0.353 e. The first-order chi connectivity index (χ1) is 15.1. The summed E-state index contributed by atoms with van der Waals surface area (Å²) in [7, 11) is 0. The number of fused-ring (bicyclic) bond motifs is 2. The average molecular weight is 417 g/mol. The molecule has 1 aromatic carbocycles. The Labute approximate surface area is 182 Å². The van der Waals surface area contributed by atoms with Crippen molar-refractivity contribution in [1.82, 2.24) is 25.1 Å². The molecule has 1 saturated heterocycles. The summed E-state index contributed by atoms with van der Waals surface area (Å²) in [6, 6.07) is 4.30. The quantitative estimate of drug-likeness (QED) is 0.664. The highest BCUT2D eigenvalue weighted by atomic mass is 16.2. The Kier molecular flexibility index (Phi) is 4.96. The maximum absolute atomic E-state index is 11.9. The van der Waals surface area contributed by atoms with Gasteiger partial charge in [0.1, 0.15) is 12.1 Å². The van der Waals surface area contributed by atoms with Crippen molar-refractivity contribution in [2.75, 3.05) is 31.1 Å². The Morgan fingerprint density at radius 2 is 2.00 bits per heavy atom. The summed E-state index contributed by atoms with van der Waals surface area (Å²) >= 11 is 0. The SMILES string of the molecule is C=CC(=O)N1CCN(c2ncnc3c2CC(C)[C@@H](c2c(C)ccc4[nH]ncc24)C3)CC1. The zero-order valence-corrected chi connectivity index (χ0v) is 18.1. The fraction of sp³-hybridized carbons (Fsp3) is 0.417. The van der Waals surface area contributed by atoms with Gasteiger partial charge in [-0.3, -0.25) is 9.89 Å². The average Bonchev–Trinajstić information content (AvgIpc) is 3.27.